The van der Waals surface area contributed by atoms with Crippen LogP contribution in [0.5, 0.6) is 0 Å². The molecule has 1 aliphatic rings. The molecule has 3 heterocycles. The standard InChI is InChI=1S/C25H25ClN6O2/c1-14-4-7-20-18(10-14)22(23(27)33)21-8-9-25(3,12-31(20)21)29-24(34)17-6-5-16(11-19(17)26)32-13-28-30-15(32)2/h4-7,10-11,13H,8-9,12H2,1-3H3,(H2,27,33)(H,29,34)/t25-/m1/s1. The van der Waals surface area contributed by atoms with Gasteiger partial charge in [-0.3, -0.25) is 14.2 Å². The van der Waals surface area contributed by atoms with E-state index in [4.69, 9.17) is 17.3 Å². The zero-order valence-electron chi connectivity index (χ0n) is 19.2. The maximum Gasteiger partial charge on any atom is 0.253 e. The second-order valence-electron chi connectivity index (χ2n) is 9.22. The number of hydrogen-bond acceptors (Lipinski definition) is 4. The van der Waals surface area contributed by atoms with Crippen LogP contribution in [0.3, 0.4) is 0 Å². The maximum atomic E-state index is 13.2. The molecular weight excluding hydrogens is 452 g/mol. The lowest BCUT2D eigenvalue weighted by Gasteiger charge is -2.36. The minimum absolute atomic E-state index is 0.245. The number of rotatable bonds is 4. The van der Waals surface area contributed by atoms with E-state index in [1.54, 1.807) is 23.0 Å². The summed E-state index contributed by atoms with van der Waals surface area (Å²) in [7, 11) is 0. The molecule has 2 aromatic carbocycles. The van der Waals surface area contributed by atoms with E-state index in [0.717, 1.165) is 33.7 Å². The lowest BCUT2D eigenvalue weighted by molar-refractivity contribution is 0.0881. The summed E-state index contributed by atoms with van der Waals surface area (Å²) >= 11 is 6.50. The molecule has 0 unspecified atom stereocenters. The number of hydrogen-bond donors (Lipinski definition) is 2. The Labute approximate surface area is 201 Å². The molecule has 2 aromatic heterocycles. The molecule has 0 saturated heterocycles. The van der Waals surface area contributed by atoms with Gasteiger partial charge in [0.15, 0.2) is 0 Å². The molecule has 5 rings (SSSR count). The predicted molar refractivity (Wildman–Crippen MR) is 130 cm³/mol. The van der Waals surface area contributed by atoms with Crippen molar-refractivity contribution in [3.05, 3.63) is 76.0 Å². The summed E-state index contributed by atoms with van der Waals surface area (Å²) in [6.07, 6.45) is 2.90. The van der Waals surface area contributed by atoms with Gasteiger partial charge in [-0.1, -0.05) is 23.2 Å². The van der Waals surface area contributed by atoms with Crippen molar-refractivity contribution in [3.63, 3.8) is 0 Å². The van der Waals surface area contributed by atoms with E-state index in [2.05, 4.69) is 20.1 Å². The first-order valence-electron chi connectivity index (χ1n) is 11.1. The van der Waals surface area contributed by atoms with Crippen molar-refractivity contribution in [2.45, 2.75) is 45.7 Å². The van der Waals surface area contributed by atoms with E-state index in [-0.39, 0.29) is 5.91 Å². The van der Waals surface area contributed by atoms with Gasteiger partial charge in [0.1, 0.15) is 12.2 Å². The Morgan fingerprint density at radius 1 is 1.18 bits per heavy atom. The largest absolute Gasteiger partial charge is 0.366 e. The van der Waals surface area contributed by atoms with Gasteiger partial charge in [-0.05, 0) is 63.9 Å². The molecule has 0 radical (unpaired) electrons. The van der Waals surface area contributed by atoms with Crippen molar-refractivity contribution in [2.75, 3.05) is 0 Å². The Morgan fingerprint density at radius 3 is 2.65 bits per heavy atom. The van der Waals surface area contributed by atoms with Gasteiger partial charge in [-0.25, -0.2) is 0 Å². The fourth-order valence-corrected chi connectivity index (χ4v) is 5.15. The minimum Gasteiger partial charge on any atom is -0.366 e. The molecule has 1 aliphatic heterocycles. The highest BCUT2D eigenvalue weighted by molar-refractivity contribution is 6.34. The fourth-order valence-electron chi connectivity index (χ4n) is 4.89. The molecule has 0 saturated carbocycles. The van der Waals surface area contributed by atoms with Crippen LogP contribution in [0.2, 0.25) is 5.02 Å². The minimum atomic E-state index is -0.525. The average Bonchev–Trinajstić information content (AvgIpc) is 3.33. The van der Waals surface area contributed by atoms with Crippen molar-refractivity contribution in [3.8, 4) is 5.69 Å². The Kier molecular flexibility index (Phi) is 5.20. The molecule has 0 fully saturated rings. The number of carbonyl (C=O) groups excluding carboxylic acids is 2. The highest BCUT2D eigenvalue weighted by atomic mass is 35.5. The first-order valence-corrected chi connectivity index (χ1v) is 11.5. The number of carbonyl (C=O) groups is 2. The lowest BCUT2D eigenvalue weighted by Crippen LogP contribution is -2.51. The van der Waals surface area contributed by atoms with Gasteiger partial charge < -0.3 is 15.6 Å². The monoisotopic (exact) mass is 476 g/mol. The summed E-state index contributed by atoms with van der Waals surface area (Å²) in [5.41, 5.74) is 9.92. The summed E-state index contributed by atoms with van der Waals surface area (Å²) in [6.45, 7) is 6.37. The smallest absolute Gasteiger partial charge is 0.253 e. The quantitative estimate of drug-likeness (QED) is 0.468. The number of nitrogens with two attached hydrogens (primary N) is 1. The zero-order chi connectivity index (χ0) is 24.2. The average molecular weight is 477 g/mol. The summed E-state index contributed by atoms with van der Waals surface area (Å²) in [4.78, 5) is 25.5. The number of aryl methyl sites for hydroxylation is 2. The highest BCUT2D eigenvalue weighted by Crippen LogP contribution is 2.35. The molecule has 0 bridgehead atoms. The number of aromatic nitrogens is 4. The normalized spacial score (nSPS) is 17.5. The van der Waals surface area contributed by atoms with Crippen molar-refractivity contribution in [1.29, 1.82) is 0 Å². The van der Waals surface area contributed by atoms with Crippen molar-refractivity contribution >= 4 is 34.3 Å². The molecule has 0 aliphatic carbocycles. The SMILES string of the molecule is Cc1ccc2c(c1)c(C(N)=O)c1n2C[C@](C)(NC(=O)c2ccc(-n3cnnc3C)cc2Cl)CC1. The number of amides is 2. The first-order chi connectivity index (χ1) is 16.2. The first kappa shape index (κ1) is 22.2. The van der Waals surface area contributed by atoms with Gasteiger partial charge in [0.25, 0.3) is 11.8 Å². The summed E-state index contributed by atoms with van der Waals surface area (Å²) in [5, 5.41) is 12.3. The van der Waals surface area contributed by atoms with E-state index in [0.29, 0.717) is 35.5 Å². The van der Waals surface area contributed by atoms with Crippen LogP contribution in [-0.4, -0.2) is 36.7 Å². The van der Waals surface area contributed by atoms with E-state index < -0.39 is 11.4 Å². The number of halogens is 1. The number of nitrogens with zero attached hydrogens (tertiary/aromatic N) is 4. The predicted octanol–water partition coefficient (Wildman–Crippen LogP) is 3.73. The van der Waals surface area contributed by atoms with Crippen LogP contribution in [0.15, 0.2) is 42.7 Å². The van der Waals surface area contributed by atoms with Crippen LogP contribution in [0, 0.1) is 13.8 Å². The van der Waals surface area contributed by atoms with Gasteiger partial charge in [-0.15, -0.1) is 10.2 Å². The van der Waals surface area contributed by atoms with Crippen LogP contribution in [0.4, 0.5) is 0 Å². The second-order valence-corrected chi connectivity index (χ2v) is 9.63. The van der Waals surface area contributed by atoms with Crippen molar-refractivity contribution in [1.82, 2.24) is 24.6 Å². The van der Waals surface area contributed by atoms with Gasteiger partial charge in [-0.2, -0.15) is 0 Å². The molecule has 34 heavy (non-hydrogen) atoms. The van der Waals surface area contributed by atoms with E-state index >= 15 is 0 Å². The van der Waals surface area contributed by atoms with Crippen LogP contribution in [0.25, 0.3) is 16.6 Å². The molecule has 0 spiro atoms. The Bertz CT molecular complexity index is 1470. The molecule has 9 heteroatoms. The number of primary amides is 1. The third-order valence-corrected chi connectivity index (χ3v) is 6.92. The van der Waals surface area contributed by atoms with Crippen LogP contribution in [0.1, 0.15) is 51.1 Å². The number of fused-ring (bicyclic) bond motifs is 3. The molecule has 174 valence electrons. The Balaban J connectivity index is 1.44. The van der Waals surface area contributed by atoms with E-state index in [1.807, 2.05) is 45.0 Å². The van der Waals surface area contributed by atoms with E-state index in [9.17, 15) is 9.59 Å². The van der Waals surface area contributed by atoms with Gasteiger partial charge in [0, 0.05) is 28.8 Å². The van der Waals surface area contributed by atoms with Gasteiger partial charge in [0.2, 0.25) is 0 Å². The molecule has 4 aromatic rings. The van der Waals surface area contributed by atoms with Gasteiger partial charge in [0.05, 0.1) is 21.7 Å². The third kappa shape index (κ3) is 3.64. The molecular formula is C25H25ClN6O2. The molecule has 8 nitrogen and oxygen atoms in total. The molecule has 1 atom stereocenters. The van der Waals surface area contributed by atoms with Crippen LogP contribution >= 0.6 is 11.6 Å². The topological polar surface area (TPSA) is 108 Å². The zero-order valence-corrected chi connectivity index (χ0v) is 20.0. The van der Waals surface area contributed by atoms with Crippen molar-refractivity contribution < 1.29 is 9.59 Å². The Morgan fingerprint density at radius 2 is 1.97 bits per heavy atom. The summed E-state index contributed by atoms with van der Waals surface area (Å²) in [6, 6.07) is 11.3. The maximum absolute atomic E-state index is 13.2. The molecule has 2 amide bonds. The van der Waals surface area contributed by atoms with Crippen LogP contribution < -0.4 is 11.1 Å². The van der Waals surface area contributed by atoms with E-state index in [1.165, 1.54) is 0 Å². The highest BCUT2D eigenvalue weighted by Gasteiger charge is 2.35. The lowest BCUT2D eigenvalue weighted by atomic mass is 9.89. The number of nitrogens with one attached hydrogen (secondary N) is 1. The summed E-state index contributed by atoms with van der Waals surface area (Å²) < 4.78 is 3.91. The second kappa shape index (κ2) is 7.99. The third-order valence-electron chi connectivity index (χ3n) is 6.60. The summed E-state index contributed by atoms with van der Waals surface area (Å²) in [5.74, 6) is 0.0564. The Hall–Kier alpha value is -3.65. The van der Waals surface area contributed by atoms with Crippen LogP contribution in [-0.2, 0) is 13.0 Å². The van der Waals surface area contributed by atoms with Gasteiger partial charge >= 0.3 is 0 Å². The molecule has 3 N–H and O–H groups in total. The number of benzene rings is 2. The fraction of sp³-hybridized carbons (Fsp3) is 0.280. The van der Waals surface area contributed by atoms with Crippen molar-refractivity contribution in [2.24, 2.45) is 5.73 Å².